The number of carbonyl (C=O) groups excluding carboxylic acids is 1. The molecule has 1 unspecified atom stereocenters. The van der Waals surface area contributed by atoms with E-state index in [9.17, 15) is 4.79 Å². The van der Waals surface area contributed by atoms with Crippen molar-refractivity contribution in [1.29, 1.82) is 0 Å². The van der Waals surface area contributed by atoms with E-state index >= 15 is 0 Å². The minimum absolute atomic E-state index is 0.255. The van der Waals surface area contributed by atoms with E-state index in [1.807, 2.05) is 24.3 Å². The number of aromatic nitrogens is 1. The third-order valence-corrected chi connectivity index (χ3v) is 4.96. The van der Waals surface area contributed by atoms with Crippen LogP contribution in [0.5, 0.6) is 0 Å². The van der Waals surface area contributed by atoms with Crippen LogP contribution < -0.4 is 11.1 Å². The van der Waals surface area contributed by atoms with E-state index in [0.717, 1.165) is 17.7 Å². The minimum Gasteiger partial charge on any atom is -0.379 e. The fourth-order valence-corrected chi connectivity index (χ4v) is 3.73. The van der Waals surface area contributed by atoms with Gasteiger partial charge in [-0.2, -0.15) is 0 Å². The number of rotatable bonds is 3. The lowest BCUT2D eigenvalue weighted by Gasteiger charge is -2.30. The van der Waals surface area contributed by atoms with Crippen LogP contribution in [0.1, 0.15) is 29.4 Å². The summed E-state index contributed by atoms with van der Waals surface area (Å²) in [4.78, 5) is 16.8. The Balaban J connectivity index is 1.85. The van der Waals surface area contributed by atoms with Gasteiger partial charge in [0.2, 0.25) is 0 Å². The first-order valence-corrected chi connectivity index (χ1v) is 8.54. The largest absolute Gasteiger partial charge is 0.379 e. The average Bonchev–Trinajstić information content (AvgIpc) is 2.93. The highest BCUT2D eigenvalue weighted by Gasteiger charge is 2.29. The topological polar surface area (TPSA) is 72.4 Å². The summed E-state index contributed by atoms with van der Waals surface area (Å²) in [5.74, 6) is 0.678. The van der Waals surface area contributed by atoms with E-state index in [2.05, 4.69) is 17.2 Å². The van der Waals surface area contributed by atoms with E-state index < -0.39 is 0 Å². The lowest BCUT2D eigenvalue weighted by Crippen LogP contribution is -2.28. The molecule has 3 rings (SSSR count). The molecule has 0 radical (unpaired) electrons. The molecule has 120 valence electrons. The number of hydrogen-bond acceptors (Lipinski definition) is 4. The van der Waals surface area contributed by atoms with Crippen LogP contribution in [0.2, 0.25) is 0 Å². The number of carbonyl (C=O) groups is 1. The molecular weight excluding hydrogens is 332 g/mol. The zero-order valence-electron chi connectivity index (χ0n) is 12.6. The molecule has 0 bridgehead atoms. The maximum Gasteiger partial charge on any atom is 0.273 e. The molecule has 0 spiro atoms. The van der Waals surface area contributed by atoms with Gasteiger partial charge in [-0.1, -0.05) is 23.9 Å². The van der Waals surface area contributed by atoms with Crippen LogP contribution in [0.15, 0.2) is 47.6 Å². The quantitative estimate of drug-likeness (QED) is 0.892. The van der Waals surface area contributed by atoms with Gasteiger partial charge in [0.15, 0.2) is 5.17 Å². The van der Waals surface area contributed by atoms with Crippen LogP contribution in [-0.4, -0.2) is 20.9 Å². The first-order chi connectivity index (χ1) is 11.0. The van der Waals surface area contributed by atoms with Crippen molar-refractivity contribution in [3.05, 3.63) is 53.9 Å². The summed E-state index contributed by atoms with van der Waals surface area (Å²) in [7, 11) is 0. The van der Waals surface area contributed by atoms with E-state index in [4.69, 9.17) is 17.5 Å². The Morgan fingerprint density at radius 3 is 2.96 bits per heavy atom. The summed E-state index contributed by atoms with van der Waals surface area (Å²) in [5, 5.41) is 3.47. The number of amides is 1. The molecule has 0 saturated heterocycles. The smallest absolute Gasteiger partial charge is 0.273 e. The van der Waals surface area contributed by atoms with Gasteiger partial charge in [-0.15, -0.1) is 0 Å². The van der Waals surface area contributed by atoms with E-state index in [1.54, 1.807) is 30.1 Å². The number of amidine groups is 1. The number of hydrogen-bond donors (Lipinski definition) is 2. The Kier molecular flexibility index (Phi) is 4.37. The van der Waals surface area contributed by atoms with Crippen molar-refractivity contribution < 1.29 is 4.79 Å². The van der Waals surface area contributed by atoms with Crippen molar-refractivity contribution in [1.82, 2.24) is 4.09 Å². The van der Waals surface area contributed by atoms with Gasteiger partial charge < -0.3 is 11.1 Å². The number of aliphatic imine (C=N–C) groups is 1. The highest BCUT2D eigenvalue weighted by atomic mass is 35.5. The lowest BCUT2D eigenvalue weighted by molar-refractivity contribution is 0.102. The molecule has 1 aromatic heterocycles. The number of nitrogens with zero attached hydrogens (tertiary/aromatic N) is 2. The molecule has 5 nitrogen and oxygen atoms in total. The number of nitrogens with one attached hydrogen (secondary N) is 1. The summed E-state index contributed by atoms with van der Waals surface area (Å²) >= 11 is 7.48. The molecule has 1 amide bonds. The highest BCUT2D eigenvalue weighted by Crippen LogP contribution is 2.35. The van der Waals surface area contributed by atoms with Crippen molar-refractivity contribution in [3.8, 4) is 0 Å². The van der Waals surface area contributed by atoms with Gasteiger partial charge in [0.1, 0.15) is 5.69 Å². The Hall–Kier alpha value is -1.92. The third kappa shape index (κ3) is 3.38. The van der Waals surface area contributed by atoms with Crippen molar-refractivity contribution in [2.24, 2.45) is 10.7 Å². The van der Waals surface area contributed by atoms with Crippen LogP contribution in [0, 0.1) is 0 Å². The number of benzene rings is 1. The molecule has 0 saturated carbocycles. The van der Waals surface area contributed by atoms with E-state index in [0.29, 0.717) is 16.5 Å². The Morgan fingerprint density at radius 1 is 1.43 bits per heavy atom. The number of halogens is 1. The molecule has 3 N–H and O–H groups in total. The van der Waals surface area contributed by atoms with Crippen molar-refractivity contribution in [2.45, 2.75) is 18.9 Å². The average molecular weight is 349 g/mol. The fraction of sp³-hybridized carbons (Fsp3) is 0.250. The first-order valence-electron chi connectivity index (χ1n) is 7.21. The molecule has 7 heteroatoms. The van der Waals surface area contributed by atoms with Crippen LogP contribution >= 0.6 is 23.5 Å². The van der Waals surface area contributed by atoms with Gasteiger partial charge >= 0.3 is 0 Å². The standard InChI is InChI=1S/C16H17ClN4OS/c1-16(7-9-23-15(18)20-16)11-4-2-5-12(10-11)19-14(22)13-6-3-8-21(13)17/h2-6,8,10H,7,9H2,1H3,(H2,18,20)(H,19,22). The summed E-state index contributed by atoms with van der Waals surface area (Å²) < 4.78 is 1.27. The molecule has 1 aromatic carbocycles. The molecule has 0 aliphatic carbocycles. The zero-order valence-corrected chi connectivity index (χ0v) is 14.2. The molecule has 1 aliphatic heterocycles. The van der Waals surface area contributed by atoms with Crippen LogP contribution in [0.4, 0.5) is 5.69 Å². The first kappa shape index (κ1) is 16.0. The Bertz CT molecular complexity index is 773. The second-order valence-electron chi connectivity index (χ2n) is 5.56. The van der Waals surface area contributed by atoms with Gasteiger partial charge in [-0.25, -0.2) is 0 Å². The summed E-state index contributed by atoms with van der Waals surface area (Å²) in [6, 6.07) is 11.1. The Morgan fingerprint density at radius 2 is 2.26 bits per heavy atom. The maximum atomic E-state index is 12.2. The molecular formula is C16H17ClN4OS. The van der Waals surface area contributed by atoms with Crippen molar-refractivity contribution >= 4 is 40.3 Å². The Labute approximate surface area is 144 Å². The monoisotopic (exact) mass is 348 g/mol. The second kappa shape index (κ2) is 6.29. The summed E-state index contributed by atoms with van der Waals surface area (Å²) in [6.07, 6.45) is 2.52. The summed E-state index contributed by atoms with van der Waals surface area (Å²) in [5.41, 5.74) is 7.64. The summed E-state index contributed by atoms with van der Waals surface area (Å²) in [6.45, 7) is 2.06. The van der Waals surface area contributed by atoms with E-state index in [-0.39, 0.29) is 11.4 Å². The lowest BCUT2D eigenvalue weighted by atomic mass is 9.89. The molecule has 2 aromatic rings. The molecule has 1 atom stereocenters. The molecule has 1 aliphatic rings. The highest BCUT2D eigenvalue weighted by molar-refractivity contribution is 8.13. The molecule has 23 heavy (non-hydrogen) atoms. The predicted octanol–water partition coefficient (Wildman–Crippen LogP) is 3.41. The van der Waals surface area contributed by atoms with Gasteiger partial charge in [0.25, 0.3) is 5.91 Å². The number of thioether (sulfide) groups is 1. The van der Waals surface area contributed by atoms with Gasteiger partial charge in [-0.05, 0) is 43.2 Å². The van der Waals surface area contributed by atoms with Gasteiger partial charge in [0, 0.05) is 29.4 Å². The molecule has 2 heterocycles. The van der Waals surface area contributed by atoms with Gasteiger partial charge in [0.05, 0.1) is 5.54 Å². The van der Waals surface area contributed by atoms with Crippen molar-refractivity contribution in [2.75, 3.05) is 11.1 Å². The normalized spacial score (nSPS) is 20.9. The van der Waals surface area contributed by atoms with E-state index in [1.165, 1.54) is 4.09 Å². The molecule has 0 fully saturated rings. The third-order valence-electron chi connectivity index (χ3n) is 3.87. The second-order valence-corrected chi connectivity index (χ2v) is 7.04. The van der Waals surface area contributed by atoms with Crippen LogP contribution in [0.25, 0.3) is 0 Å². The maximum absolute atomic E-state index is 12.2. The van der Waals surface area contributed by atoms with Crippen LogP contribution in [0.3, 0.4) is 0 Å². The fourth-order valence-electron chi connectivity index (χ4n) is 2.56. The van der Waals surface area contributed by atoms with Crippen LogP contribution in [-0.2, 0) is 5.54 Å². The SMILES string of the molecule is CC1(c2cccc(NC(=O)c3cccn3Cl)c2)CCSC(N)=N1. The van der Waals surface area contributed by atoms with Crippen molar-refractivity contribution in [3.63, 3.8) is 0 Å². The minimum atomic E-state index is -0.358. The zero-order chi connectivity index (χ0) is 16.4. The number of anilines is 1. The predicted molar refractivity (Wildman–Crippen MR) is 96.1 cm³/mol. The van der Waals surface area contributed by atoms with Gasteiger partial charge in [-0.3, -0.25) is 13.9 Å². The number of nitrogens with two attached hydrogens (primary N) is 1.